The predicted octanol–water partition coefficient (Wildman–Crippen LogP) is 1.64. The van der Waals surface area contributed by atoms with Crippen LogP contribution in [-0.2, 0) is 9.53 Å². The van der Waals surface area contributed by atoms with E-state index >= 15 is 0 Å². The first kappa shape index (κ1) is 17.1. The Morgan fingerprint density at radius 3 is 2.64 bits per heavy atom. The summed E-state index contributed by atoms with van der Waals surface area (Å²) in [4.78, 5) is 25.1. The molecular weight excluding hydrogens is 282 g/mol. The van der Waals surface area contributed by atoms with Gasteiger partial charge in [0.1, 0.15) is 5.60 Å². The van der Waals surface area contributed by atoms with Crippen molar-refractivity contribution in [2.75, 3.05) is 19.6 Å². The van der Waals surface area contributed by atoms with Crippen LogP contribution < -0.4 is 10.6 Å². The second-order valence-corrected chi connectivity index (χ2v) is 7.30. The summed E-state index contributed by atoms with van der Waals surface area (Å²) in [6.07, 6.45) is 4.27. The third-order valence-corrected chi connectivity index (χ3v) is 4.12. The van der Waals surface area contributed by atoms with E-state index in [9.17, 15) is 9.59 Å². The van der Waals surface area contributed by atoms with Gasteiger partial charge in [0, 0.05) is 38.1 Å². The van der Waals surface area contributed by atoms with Crippen LogP contribution in [0.25, 0.3) is 0 Å². The van der Waals surface area contributed by atoms with E-state index in [0.29, 0.717) is 25.0 Å². The quantitative estimate of drug-likeness (QED) is 0.813. The number of hydrogen-bond donors (Lipinski definition) is 2. The number of likely N-dealkylation sites (tertiary alicyclic amines) is 1. The highest BCUT2D eigenvalue weighted by Gasteiger charge is 2.27. The summed E-state index contributed by atoms with van der Waals surface area (Å²) < 4.78 is 5.45. The van der Waals surface area contributed by atoms with E-state index in [4.69, 9.17) is 4.74 Å². The molecule has 126 valence electrons. The number of rotatable bonds is 2. The van der Waals surface area contributed by atoms with Gasteiger partial charge in [-0.1, -0.05) is 0 Å². The lowest BCUT2D eigenvalue weighted by Gasteiger charge is -2.28. The van der Waals surface area contributed by atoms with Crippen molar-refractivity contribution in [2.45, 2.75) is 70.6 Å². The summed E-state index contributed by atoms with van der Waals surface area (Å²) in [5, 5.41) is 6.54. The fourth-order valence-electron chi connectivity index (χ4n) is 2.98. The second-order valence-electron chi connectivity index (χ2n) is 7.30. The topological polar surface area (TPSA) is 70.7 Å². The molecule has 2 atom stereocenters. The maximum atomic E-state index is 12.1. The number of nitrogens with zero attached hydrogens (tertiary/aromatic N) is 1. The van der Waals surface area contributed by atoms with E-state index in [-0.39, 0.29) is 12.0 Å². The fourth-order valence-corrected chi connectivity index (χ4v) is 2.98. The molecule has 22 heavy (non-hydrogen) atoms. The normalized spacial score (nSPS) is 27.0. The molecule has 2 aliphatic rings. The zero-order chi connectivity index (χ0) is 16.2. The van der Waals surface area contributed by atoms with E-state index in [1.54, 1.807) is 0 Å². The van der Waals surface area contributed by atoms with Gasteiger partial charge in [-0.05, 0) is 46.5 Å². The molecule has 0 radical (unpaired) electrons. The molecule has 2 N–H and O–H groups in total. The number of ether oxygens (including phenoxy) is 1. The second kappa shape index (κ2) is 7.31. The lowest BCUT2D eigenvalue weighted by molar-refractivity contribution is -0.122. The summed E-state index contributed by atoms with van der Waals surface area (Å²) in [6, 6.07) is 0.767. The van der Waals surface area contributed by atoms with Crippen LogP contribution in [0.15, 0.2) is 0 Å². The third kappa shape index (κ3) is 5.48. The number of piperidine rings is 1. The maximum absolute atomic E-state index is 12.1. The molecule has 0 aromatic carbocycles. The summed E-state index contributed by atoms with van der Waals surface area (Å²) in [7, 11) is 0. The monoisotopic (exact) mass is 311 g/mol. The lowest BCUT2D eigenvalue weighted by Crippen LogP contribution is -2.49. The van der Waals surface area contributed by atoms with Gasteiger partial charge in [-0.3, -0.25) is 4.79 Å². The smallest absolute Gasteiger partial charge is 0.410 e. The summed E-state index contributed by atoms with van der Waals surface area (Å²) in [6.45, 7) is 7.88. The third-order valence-electron chi connectivity index (χ3n) is 4.12. The van der Waals surface area contributed by atoms with Crippen molar-refractivity contribution in [3.63, 3.8) is 0 Å². The number of nitrogens with one attached hydrogen (secondary N) is 2. The van der Waals surface area contributed by atoms with Crippen molar-refractivity contribution in [1.29, 1.82) is 0 Å². The molecule has 0 aromatic heterocycles. The van der Waals surface area contributed by atoms with Crippen LogP contribution in [0.2, 0.25) is 0 Å². The van der Waals surface area contributed by atoms with Crippen molar-refractivity contribution in [3.8, 4) is 0 Å². The molecule has 0 aromatic rings. The Hall–Kier alpha value is -1.30. The van der Waals surface area contributed by atoms with E-state index < -0.39 is 5.60 Å². The highest BCUT2D eigenvalue weighted by Crippen LogP contribution is 2.16. The Morgan fingerprint density at radius 2 is 2.00 bits per heavy atom. The molecule has 0 saturated carbocycles. The molecule has 2 unspecified atom stereocenters. The van der Waals surface area contributed by atoms with Crippen molar-refractivity contribution in [3.05, 3.63) is 0 Å². The molecule has 2 rings (SSSR count). The van der Waals surface area contributed by atoms with Crippen LogP contribution in [0.3, 0.4) is 0 Å². The van der Waals surface area contributed by atoms with E-state index in [1.165, 1.54) is 0 Å². The fraction of sp³-hybridized carbons (Fsp3) is 0.875. The van der Waals surface area contributed by atoms with E-state index in [1.807, 2.05) is 25.7 Å². The van der Waals surface area contributed by atoms with Crippen molar-refractivity contribution in [2.24, 2.45) is 0 Å². The summed E-state index contributed by atoms with van der Waals surface area (Å²) >= 11 is 0. The Morgan fingerprint density at radius 1 is 1.23 bits per heavy atom. The highest BCUT2D eigenvalue weighted by molar-refractivity contribution is 5.76. The van der Waals surface area contributed by atoms with Gasteiger partial charge in [0.05, 0.1) is 0 Å². The summed E-state index contributed by atoms with van der Waals surface area (Å²) in [5.74, 6) is 0.148. The SMILES string of the molecule is CC(C)(C)OC(=O)N1CCCC(NC2CCC(=O)NC2)CC1. The average Bonchev–Trinajstić information content (AvgIpc) is 2.65. The van der Waals surface area contributed by atoms with Crippen LogP contribution in [0.4, 0.5) is 4.79 Å². The Kier molecular flexibility index (Phi) is 5.67. The van der Waals surface area contributed by atoms with Crippen molar-refractivity contribution in [1.82, 2.24) is 15.5 Å². The Bertz CT molecular complexity index is 396. The highest BCUT2D eigenvalue weighted by atomic mass is 16.6. The van der Waals surface area contributed by atoms with Crippen molar-refractivity contribution < 1.29 is 14.3 Å². The number of amides is 2. The Balaban J connectivity index is 1.77. The molecule has 6 heteroatoms. The molecular formula is C16H29N3O3. The minimum Gasteiger partial charge on any atom is -0.444 e. The van der Waals surface area contributed by atoms with Gasteiger partial charge in [0.2, 0.25) is 5.91 Å². The minimum atomic E-state index is -0.443. The molecule has 2 saturated heterocycles. The largest absolute Gasteiger partial charge is 0.444 e. The first-order valence-corrected chi connectivity index (χ1v) is 8.34. The summed E-state index contributed by atoms with van der Waals surface area (Å²) in [5.41, 5.74) is -0.443. The number of carbonyl (C=O) groups excluding carboxylic acids is 2. The van der Waals surface area contributed by atoms with E-state index in [2.05, 4.69) is 10.6 Å². The number of carbonyl (C=O) groups is 2. The van der Waals surface area contributed by atoms with Crippen molar-refractivity contribution >= 4 is 12.0 Å². The van der Waals surface area contributed by atoms with Gasteiger partial charge in [0.25, 0.3) is 0 Å². The molecule has 0 bridgehead atoms. The molecule has 2 heterocycles. The standard InChI is InChI=1S/C16H29N3O3/c1-16(2,3)22-15(21)19-9-4-5-12(8-10-19)18-13-6-7-14(20)17-11-13/h12-13,18H,4-11H2,1-3H3,(H,17,20). The number of hydrogen-bond acceptors (Lipinski definition) is 4. The minimum absolute atomic E-state index is 0.148. The maximum Gasteiger partial charge on any atom is 0.410 e. The van der Waals surface area contributed by atoms with Crippen LogP contribution in [0.1, 0.15) is 52.9 Å². The zero-order valence-corrected chi connectivity index (χ0v) is 14.0. The van der Waals surface area contributed by atoms with E-state index in [0.717, 1.165) is 38.8 Å². The zero-order valence-electron chi connectivity index (χ0n) is 14.0. The lowest BCUT2D eigenvalue weighted by atomic mass is 10.0. The molecule has 2 fully saturated rings. The van der Waals surface area contributed by atoms with Gasteiger partial charge in [0.15, 0.2) is 0 Å². The first-order chi connectivity index (χ1) is 10.3. The average molecular weight is 311 g/mol. The molecule has 6 nitrogen and oxygen atoms in total. The molecule has 0 spiro atoms. The predicted molar refractivity (Wildman–Crippen MR) is 84.6 cm³/mol. The Labute approximate surface area is 132 Å². The van der Waals surface area contributed by atoms with Gasteiger partial charge in [-0.25, -0.2) is 4.79 Å². The van der Waals surface area contributed by atoms with Gasteiger partial charge in [-0.2, -0.15) is 0 Å². The molecule has 0 aliphatic carbocycles. The van der Waals surface area contributed by atoms with Crippen LogP contribution in [-0.4, -0.2) is 54.2 Å². The molecule has 2 aliphatic heterocycles. The van der Waals surface area contributed by atoms with Gasteiger partial charge in [-0.15, -0.1) is 0 Å². The van der Waals surface area contributed by atoms with Crippen LogP contribution in [0.5, 0.6) is 0 Å². The van der Waals surface area contributed by atoms with Crippen LogP contribution >= 0.6 is 0 Å². The van der Waals surface area contributed by atoms with Gasteiger partial charge < -0.3 is 20.3 Å². The van der Waals surface area contributed by atoms with Gasteiger partial charge >= 0.3 is 6.09 Å². The first-order valence-electron chi connectivity index (χ1n) is 8.34. The molecule has 2 amide bonds. The van der Waals surface area contributed by atoms with Crippen LogP contribution in [0, 0.1) is 0 Å².